The molecule has 1 fully saturated rings. The van der Waals surface area contributed by atoms with Crippen molar-refractivity contribution in [2.24, 2.45) is 0 Å². The van der Waals surface area contributed by atoms with Crippen LogP contribution in [0.1, 0.15) is 12.8 Å². The van der Waals surface area contributed by atoms with E-state index in [1.807, 2.05) is 0 Å². The first-order valence-electron chi connectivity index (χ1n) is 5.94. The number of anilines is 1. The molecular weight excluding hydrogens is 272 g/mol. The zero-order chi connectivity index (χ0) is 13.2. The summed E-state index contributed by atoms with van der Waals surface area (Å²) >= 11 is 6.09. The van der Waals surface area contributed by atoms with Gasteiger partial charge in [0.05, 0.1) is 15.6 Å². The summed E-state index contributed by atoms with van der Waals surface area (Å²) in [5.74, 6) is 0. The summed E-state index contributed by atoms with van der Waals surface area (Å²) in [6.45, 7) is 1.95. The second-order valence-corrected chi connectivity index (χ2v) is 7.01. The van der Waals surface area contributed by atoms with E-state index >= 15 is 0 Å². The number of sulfone groups is 1. The maximum Gasteiger partial charge on any atom is 0.175 e. The molecule has 4 nitrogen and oxygen atoms in total. The van der Waals surface area contributed by atoms with E-state index in [2.05, 4.69) is 10.6 Å². The minimum atomic E-state index is -3.19. The lowest BCUT2D eigenvalue weighted by Crippen LogP contribution is -2.35. The minimum absolute atomic E-state index is 0.295. The molecule has 1 aromatic carbocycles. The normalized spacial score (nSPS) is 17.7. The molecule has 1 saturated heterocycles. The summed E-state index contributed by atoms with van der Waals surface area (Å²) < 4.78 is 23.0. The highest BCUT2D eigenvalue weighted by molar-refractivity contribution is 7.90. The van der Waals surface area contributed by atoms with Gasteiger partial charge in [-0.15, -0.1) is 0 Å². The molecular formula is C12H17ClN2O2S. The fourth-order valence-electron chi connectivity index (χ4n) is 2.03. The van der Waals surface area contributed by atoms with E-state index in [1.54, 1.807) is 12.1 Å². The SMILES string of the molecule is CS(=O)(=O)c1ccc(Cl)c(NC2CCNCC2)c1. The Morgan fingerprint density at radius 1 is 1.33 bits per heavy atom. The van der Waals surface area contributed by atoms with Gasteiger partial charge in [-0.2, -0.15) is 0 Å². The number of halogens is 1. The Hall–Kier alpha value is -0.780. The molecule has 1 heterocycles. The average Bonchev–Trinajstić information content (AvgIpc) is 2.32. The van der Waals surface area contributed by atoms with Gasteiger partial charge in [0, 0.05) is 12.3 Å². The van der Waals surface area contributed by atoms with Crippen molar-refractivity contribution in [1.82, 2.24) is 5.32 Å². The summed E-state index contributed by atoms with van der Waals surface area (Å²) in [5, 5.41) is 7.16. The molecule has 0 spiro atoms. The number of hydrogen-bond donors (Lipinski definition) is 2. The van der Waals surface area contributed by atoms with E-state index in [9.17, 15) is 8.42 Å². The summed E-state index contributed by atoms with van der Waals surface area (Å²) in [5.41, 5.74) is 0.700. The highest BCUT2D eigenvalue weighted by Gasteiger charge is 2.15. The Kier molecular flexibility index (Phi) is 4.14. The van der Waals surface area contributed by atoms with Crippen molar-refractivity contribution in [1.29, 1.82) is 0 Å². The number of benzene rings is 1. The lowest BCUT2D eigenvalue weighted by Gasteiger charge is -2.25. The Bertz CT molecular complexity index is 525. The third-order valence-electron chi connectivity index (χ3n) is 3.06. The molecule has 1 aliphatic heterocycles. The molecule has 0 saturated carbocycles. The average molecular weight is 289 g/mol. The molecule has 18 heavy (non-hydrogen) atoms. The molecule has 100 valence electrons. The highest BCUT2D eigenvalue weighted by atomic mass is 35.5. The van der Waals surface area contributed by atoms with Crippen LogP contribution in [0.5, 0.6) is 0 Å². The van der Waals surface area contributed by atoms with Crippen molar-refractivity contribution in [3.05, 3.63) is 23.2 Å². The minimum Gasteiger partial charge on any atom is -0.381 e. The van der Waals surface area contributed by atoms with Crippen LogP contribution < -0.4 is 10.6 Å². The first-order chi connectivity index (χ1) is 8.47. The molecule has 0 unspecified atom stereocenters. The molecule has 0 radical (unpaired) electrons. The van der Waals surface area contributed by atoms with Crippen LogP contribution in [0.4, 0.5) is 5.69 Å². The third kappa shape index (κ3) is 3.37. The summed E-state index contributed by atoms with van der Waals surface area (Å²) in [6.07, 6.45) is 3.23. The van der Waals surface area contributed by atoms with Crippen LogP contribution in [0.25, 0.3) is 0 Å². The lowest BCUT2D eigenvalue weighted by atomic mass is 10.1. The van der Waals surface area contributed by atoms with Crippen molar-refractivity contribution < 1.29 is 8.42 Å². The molecule has 2 rings (SSSR count). The maximum atomic E-state index is 11.5. The Morgan fingerprint density at radius 2 is 2.00 bits per heavy atom. The number of piperidine rings is 1. The van der Waals surface area contributed by atoms with Crippen LogP contribution in [-0.4, -0.2) is 33.8 Å². The van der Waals surface area contributed by atoms with E-state index in [1.165, 1.54) is 12.3 Å². The first kappa shape index (κ1) is 13.6. The van der Waals surface area contributed by atoms with Crippen LogP contribution in [0.3, 0.4) is 0 Å². The standard InChI is InChI=1S/C12H17ClN2O2S/c1-18(16,17)10-2-3-11(13)12(8-10)15-9-4-6-14-7-5-9/h2-3,8-9,14-15H,4-7H2,1H3. The summed E-state index contributed by atoms with van der Waals surface area (Å²) in [7, 11) is -3.19. The molecule has 0 aromatic heterocycles. The smallest absolute Gasteiger partial charge is 0.175 e. The van der Waals surface area contributed by atoms with E-state index < -0.39 is 9.84 Å². The van der Waals surface area contributed by atoms with Gasteiger partial charge in [0.2, 0.25) is 0 Å². The van der Waals surface area contributed by atoms with Crippen LogP contribution in [0.2, 0.25) is 5.02 Å². The van der Waals surface area contributed by atoms with Crippen molar-refractivity contribution in [3.63, 3.8) is 0 Å². The fourth-order valence-corrected chi connectivity index (χ4v) is 2.85. The van der Waals surface area contributed by atoms with Crippen LogP contribution >= 0.6 is 11.6 Å². The summed E-state index contributed by atoms with van der Waals surface area (Å²) in [6, 6.07) is 5.12. The molecule has 6 heteroatoms. The first-order valence-corrected chi connectivity index (χ1v) is 8.20. The molecule has 0 amide bonds. The molecule has 1 aliphatic rings. The van der Waals surface area contributed by atoms with Gasteiger partial charge in [-0.1, -0.05) is 11.6 Å². The number of nitrogens with one attached hydrogen (secondary N) is 2. The van der Waals surface area contributed by atoms with Crippen molar-refractivity contribution >= 4 is 27.1 Å². The van der Waals surface area contributed by atoms with Crippen LogP contribution in [-0.2, 0) is 9.84 Å². The van der Waals surface area contributed by atoms with Gasteiger partial charge in [0.25, 0.3) is 0 Å². The molecule has 2 N–H and O–H groups in total. The van der Waals surface area contributed by atoms with Gasteiger partial charge in [-0.3, -0.25) is 0 Å². The second-order valence-electron chi connectivity index (χ2n) is 4.58. The molecule has 0 aliphatic carbocycles. The van der Waals surface area contributed by atoms with Gasteiger partial charge < -0.3 is 10.6 Å². The molecule has 1 aromatic rings. The van der Waals surface area contributed by atoms with Crippen molar-refractivity contribution in [2.45, 2.75) is 23.8 Å². The van der Waals surface area contributed by atoms with Gasteiger partial charge in [-0.05, 0) is 44.1 Å². The Balaban J connectivity index is 2.21. The zero-order valence-corrected chi connectivity index (χ0v) is 11.8. The van der Waals surface area contributed by atoms with E-state index in [-0.39, 0.29) is 0 Å². The zero-order valence-electron chi connectivity index (χ0n) is 10.2. The molecule has 0 bridgehead atoms. The largest absolute Gasteiger partial charge is 0.381 e. The van der Waals surface area contributed by atoms with Gasteiger partial charge in [-0.25, -0.2) is 8.42 Å². The van der Waals surface area contributed by atoms with E-state index in [0.29, 0.717) is 21.6 Å². The van der Waals surface area contributed by atoms with Crippen LogP contribution in [0, 0.1) is 0 Å². The second kappa shape index (κ2) is 5.47. The fraction of sp³-hybridized carbons (Fsp3) is 0.500. The monoisotopic (exact) mass is 288 g/mol. The topological polar surface area (TPSA) is 58.2 Å². The Morgan fingerprint density at radius 3 is 2.61 bits per heavy atom. The quantitative estimate of drug-likeness (QED) is 0.892. The van der Waals surface area contributed by atoms with Crippen LogP contribution in [0.15, 0.2) is 23.1 Å². The Labute approximate surface area is 113 Å². The lowest BCUT2D eigenvalue weighted by molar-refractivity contribution is 0.479. The van der Waals surface area contributed by atoms with Gasteiger partial charge in [0.15, 0.2) is 9.84 Å². The predicted octanol–water partition coefficient (Wildman–Crippen LogP) is 1.91. The number of hydrogen-bond acceptors (Lipinski definition) is 4. The predicted molar refractivity (Wildman–Crippen MR) is 74.1 cm³/mol. The molecule has 0 atom stereocenters. The van der Waals surface area contributed by atoms with Crippen molar-refractivity contribution in [2.75, 3.05) is 24.7 Å². The maximum absolute atomic E-state index is 11.5. The van der Waals surface area contributed by atoms with Crippen molar-refractivity contribution in [3.8, 4) is 0 Å². The number of rotatable bonds is 3. The van der Waals surface area contributed by atoms with Gasteiger partial charge >= 0.3 is 0 Å². The van der Waals surface area contributed by atoms with Gasteiger partial charge in [0.1, 0.15) is 0 Å². The summed E-state index contributed by atoms with van der Waals surface area (Å²) in [4.78, 5) is 0.295. The van der Waals surface area contributed by atoms with E-state index in [4.69, 9.17) is 11.6 Å². The highest BCUT2D eigenvalue weighted by Crippen LogP contribution is 2.27. The third-order valence-corrected chi connectivity index (χ3v) is 4.50. The van der Waals surface area contributed by atoms with E-state index in [0.717, 1.165) is 25.9 Å².